The SMILES string of the molecule is COc1cc(C(C)=O)ccc1OCC(=O)Nc1ccc(C)c(I)c1. The molecule has 2 aromatic carbocycles. The lowest BCUT2D eigenvalue weighted by molar-refractivity contribution is -0.118. The van der Waals surface area contributed by atoms with Crippen LogP contribution in [-0.4, -0.2) is 25.4 Å². The van der Waals surface area contributed by atoms with Gasteiger partial charge in [-0.25, -0.2) is 0 Å². The molecule has 0 radical (unpaired) electrons. The molecular formula is C18H18INO4. The van der Waals surface area contributed by atoms with E-state index in [-0.39, 0.29) is 18.3 Å². The predicted octanol–water partition coefficient (Wildman–Crippen LogP) is 3.83. The van der Waals surface area contributed by atoms with Gasteiger partial charge in [-0.05, 0) is 72.3 Å². The van der Waals surface area contributed by atoms with Crippen LogP contribution in [0.1, 0.15) is 22.8 Å². The highest BCUT2D eigenvalue weighted by Gasteiger charge is 2.11. The van der Waals surface area contributed by atoms with Crippen molar-refractivity contribution in [2.75, 3.05) is 19.0 Å². The molecule has 0 bridgehead atoms. The maximum atomic E-state index is 12.0. The van der Waals surface area contributed by atoms with Gasteiger partial charge in [-0.3, -0.25) is 9.59 Å². The number of aryl methyl sites for hydroxylation is 1. The smallest absolute Gasteiger partial charge is 0.262 e. The standard InChI is InChI=1S/C18H18INO4/c1-11-4-6-14(9-15(11)19)20-18(22)10-24-16-7-5-13(12(2)21)8-17(16)23-3/h4-9H,10H2,1-3H3,(H,20,22). The number of ether oxygens (including phenoxy) is 2. The van der Waals surface area contributed by atoms with E-state index in [9.17, 15) is 9.59 Å². The molecule has 1 N–H and O–H groups in total. The van der Waals surface area contributed by atoms with Gasteiger partial charge in [-0.1, -0.05) is 6.07 Å². The minimum Gasteiger partial charge on any atom is -0.493 e. The van der Waals surface area contributed by atoms with Crippen LogP contribution >= 0.6 is 22.6 Å². The van der Waals surface area contributed by atoms with E-state index in [1.807, 2.05) is 25.1 Å². The van der Waals surface area contributed by atoms with Crippen molar-refractivity contribution in [3.05, 3.63) is 51.1 Å². The Morgan fingerprint density at radius 2 is 1.88 bits per heavy atom. The number of nitrogens with one attached hydrogen (secondary N) is 1. The Kier molecular flexibility index (Phi) is 6.19. The van der Waals surface area contributed by atoms with Gasteiger partial charge in [0.1, 0.15) is 0 Å². The molecule has 6 heteroatoms. The molecule has 0 atom stereocenters. The maximum absolute atomic E-state index is 12.0. The lowest BCUT2D eigenvalue weighted by Gasteiger charge is -2.12. The molecule has 0 saturated heterocycles. The van der Waals surface area contributed by atoms with Gasteiger partial charge in [0.15, 0.2) is 23.9 Å². The molecule has 0 unspecified atom stereocenters. The first-order chi connectivity index (χ1) is 11.4. The summed E-state index contributed by atoms with van der Waals surface area (Å²) < 4.78 is 11.8. The number of benzene rings is 2. The summed E-state index contributed by atoms with van der Waals surface area (Å²) in [5.74, 6) is 0.496. The van der Waals surface area contributed by atoms with Gasteiger partial charge >= 0.3 is 0 Å². The van der Waals surface area contributed by atoms with Gasteiger partial charge in [0.25, 0.3) is 5.91 Å². The van der Waals surface area contributed by atoms with Crippen LogP contribution in [-0.2, 0) is 4.79 Å². The predicted molar refractivity (Wildman–Crippen MR) is 101 cm³/mol. The van der Waals surface area contributed by atoms with E-state index in [1.165, 1.54) is 14.0 Å². The molecule has 2 aromatic rings. The van der Waals surface area contributed by atoms with E-state index in [1.54, 1.807) is 18.2 Å². The summed E-state index contributed by atoms with van der Waals surface area (Å²) in [4.78, 5) is 23.4. The zero-order chi connectivity index (χ0) is 17.7. The van der Waals surface area contributed by atoms with Crippen LogP contribution in [0.15, 0.2) is 36.4 Å². The minimum atomic E-state index is -0.271. The number of halogens is 1. The quantitative estimate of drug-likeness (QED) is 0.549. The van der Waals surface area contributed by atoms with E-state index in [4.69, 9.17) is 9.47 Å². The molecule has 0 aliphatic heterocycles. The molecule has 2 rings (SSSR count). The van der Waals surface area contributed by atoms with Crippen molar-refractivity contribution in [2.45, 2.75) is 13.8 Å². The number of anilines is 1. The van der Waals surface area contributed by atoms with Crippen molar-refractivity contribution in [1.29, 1.82) is 0 Å². The number of ketones is 1. The highest BCUT2D eigenvalue weighted by atomic mass is 127. The Morgan fingerprint density at radius 3 is 2.50 bits per heavy atom. The van der Waals surface area contributed by atoms with E-state index in [0.29, 0.717) is 17.1 Å². The molecule has 24 heavy (non-hydrogen) atoms. The highest BCUT2D eigenvalue weighted by molar-refractivity contribution is 14.1. The summed E-state index contributed by atoms with van der Waals surface area (Å²) in [6.45, 7) is 3.33. The van der Waals surface area contributed by atoms with Crippen molar-refractivity contribution in [1.82, 2.24) is 0 Å². The van der Waals surface area contributed by atoms with Crippen LogP contribution < -0.4 is 14.8 Å². The van der Waals surface area contributed by atoms with Gasteiger partial charge in [0.2, 0.25) is 0 Å². The van der Waals surface area contributed by atoms with Crippen LogP contribution in [0.4, 0.5) is 5.69 Å². The minimum absolute atomic E-state index is 0.0634. The lowest BCUT2D eigenvalue weighted by atomic mass is 10.1. The molecule has 0 aliphatic carbocycles. The fourth-order valence-electron chi connectivity index (χ4n) is 2.02. The Hall–Kier alpha value is -2.09. The molecule has 5 nitrogen and oxygen atoms in total. The van der Waals surface area contributed by atoms with Crippen molar-refractivity contribution < 1.29 is 19.1 Å². The maximum Gasteiger partial charge on any atom is 0.262 e. The van der Waals surface area contributed by atoms with E-state index >= 15 is 0 Å². The number of methoxy groups -OCH3 is 1. The topological polar surface area (TPSA) is 64.6 Å². The van der Waals surface area contributed by atoms with E-state index in [2.05, 4.69) is 27.9 Å². The highest BCUT2D eigenvalue weighted by Crippen LogP contribution is 2.28. The molecular weight excluding hydrogens is 421 g/mol. The van der Waals surface area contributed by atoms with E-state index in [0.717, 1.165) is 14.8 Å². The third kappa shape index (κ3) is 4.70. The first-order valence-electron chi connectivity index (χ1n) is 7.28. The van der Waals surface area contributed by atoms with E-state index < -0.39 is 0 Å². The summed E-state index contributed by atoms with van der Waals surface area (Å²) >= 11 is 2.22. The number of hydrogen-bond donors (Lipinski definition) is 1. The molecule has 126 valence electrons. The molecule has 0 spiro atoms. The summed E-state index contributed by atoms with van der Waals surface area (Å²) in [7, 11) is 1.49. The van der Waals surface area contributed by atoms with Crippen LogP contribution in [0.3, 0.4) is 0 Å². The van der Waals surface area contributed by atoms with Gasteiger partial charge in [-0.2, -0.15) is 0 Å². The van der Waals surface area contributed by atoms with Crippen molar-refractivity contribution in [3.8, 4) is 11.5 Å². The van der Waals surface area contributed by atoms with Gasteiger partial charge in [0, 0.05) is 14.8 Å². The normalized spacial score (nSPS) is 10.2. The number of hydrogen-bond acceptors (Lipinski definition) is 4. The van der Waals surface area contributed by atoms with Crippen molar-refractivity contribution in [2.24, 2.45) is 0 Å². The molecule has 0 saturated carbocycles. The Morgan fingerprint density at radius 1 is 1.12 bits per heavy atom. The molecule has 0 heterocycles. The molecule has 1 amide bonds. The van der Waals surface area contributed by atoms with Crippen molar-refractivity contribution in [3.63, 3.8) is 0 Å². The van der Waals surface area contributed by atoms with Crippen LogP contribution in [0.2, 0.25) is 0 Å². The number of rotatable bonds is 6. The summed E-state index contributed by atoms with van der Waals surface area (Å²) in [6, 6.07) is 10.5. The average Bonchev–Trinajstić information content (AvgIpc) is 2.56. The number of carbonyl (C=O) groups is 2. The largest absolute Gasteiger partial charge is 0.493 e. The Balaban J connectivity index is 2.00. The van der Waals surface area contributed by atoms with Crippen LogP contribution in [0.5, 0.6) is 11.5 Å². The Bertz CT molecular complexity index is 774. The second-order valence-corrected chi connectivity index (χ2v) is 6.38. The second kappa shape index (κ2) is 8.14. The summed E-state index contributed by atoms with van der Waals surface area (Å²) in [5, 5.41) is 2.78. The lowest BCUT2D eigenvalue weighted by Crippen LogP contribution is -2.20. The summed E-state index contributed by atoms with van der Waals surface area (Å²) in [5.41, 5.74) is 2.40. The Labute approximate surface area is 154 Å². The number of carbonyl (C=O) groups excluding carboxylic acids is 2. The van der Waals surface area contributed by atoms with Gasteiger partial charge in [0.05, 0.1) is 7.11 Å². The molecule has 0 fully saturated rings. The summed E-state index contributed by atoms with van der Waals surface area (Å²) in [6.07, 6.45) is 0. The monoisotopic (exact) mass is 439 g/mol. The number of Topliss-reactive ketones (excluding diaryl/α,β-unsaturated/α-hetero) is 1. The first-order valence-corrected chi connectivity index (χ1v) is 8.36. The van der Waals surface area contributed by atoms with Gasteiger partial charge in [-0.15, -0.1) is 0 Å². The third-order valence-electron chi connectivity index (χ3n) is 3.38. The third-order valence-corrected chi connectivity index (χ3v) is 4.55. The molecule has 0 aliphatic rings. The van der Waals surface area contributed by atoms with Crippen LogP contribution in [0.25, 0.3) is 0 Å². The second-order valence-electron chi connectivity index (χ2n) is 5.22. The van der Waals surface area contributed by atoms with Gasteiger partial charge < -0.3 is 14.8 Å². The van der Waals surface area contributed by atoms with Crippen LogP contribution in [0, 0.1) is 10.5 Å². The number of amides is 1. The fraction of sp³-hybridized carbons (Fsp3) is 0.222. The fourth-order valence-corrected chi connectivity index (χ4v) is 2.53. The zero-order valence-corrected chi connectivity index (χ0v) is 15.8. The zero-order valence-electron chi connectivity index (χ0n) is 13.7. The average molecular weight is 439 g/mol. The first kappa shape index (κ1) is 18.3. The van der Waals surface area contributed by atoms with Crippen molar-refractivity contribution >= 4 is 40.0 Å². The molecule has 0 aromatic heterocycles.